The number of hydrogen-bond donors (Lipinski definition) is 0. The molecule has 8 atom stereocenters. The number of rotatable bonds is 29. The molecule has 23 nitrogen and oxygen atoms in total. The van der Waals surface area contributed by atoms with E-state index in [1.807, 2.05) is 49.6 Å². The van der Waals surface area contributed by atoms with Crippen molar-refractivity contribution in [2.24, 2.45) is 0 Å². The molecule has 4 unspecified atom stereocenters. The van der Waals surface area contributed by atoms with Crippen molar-refractivity contribution in [2.75, 3.05) is 118 Å². The molecule has 0 bridgehead atoms. The molecule has 145 heavy (non-hydrogen) atoms. The lowest BCUT2D eigenvalue weighted by atomic mass is 9.79. The molecule has 6 aliphatic heterocycles. The first-order valence-corrected chi connectivity index (χ1v) is 48.9. The first-order valence-electron chi connectivity index (χ1n) is 47.3. The Morgan fingerprint density at radius 3 is 1.20 bits per heavy atom. The lowest BCUT2D eigenvalue weighted by Crippen LogP contribution is -2.69. The van der Waals surface area contributed by atoms with Gasteiger partial charge in [0.25, 0.3) is 35.4 Å². The number of thiophene rings is 1. The summed E-state index contributed by atoms with van der Waals surface area (Å²) in [5.41, 5.74) is -12.1. The van der Waals surface area contributed by atoms with E-state index in [0.29, 0.717) is 102 Å². The number of para-hydroxylation sites is 2. The van der Waals surface area contributed by atoms with Gasteiger partial charge in [0.1, 0.15) is 59.4 Å². The zero-order valence-corrected chi connectivity index (χ0v) is 81.9. The molecule has 5 aromatic carbocycles. The lowest BCUT2D eigenvalue weighted by Gasteiger charge is -2.51. The van der Waals surface area contributed by atoms with Crippen molar-refractivity contribution in [3.05, 3.63) is 253 Å². The molecule has 6 amide bonds. The number of aromatic nitrogens is 3. The van der Waals surface area contributed by atoms with E-state index in [0.717, 1.165) is 132 Å². The van der Waals surface area contributed by atoms with Crippen LogP contribution in [0.15, 0.2) is 180 Å². The standard InChI is InChI=1S/C35H39BrF4N4O5.C34H37F6N3O5S.C33H31F8N3O3/c1-3-7-31-34(49-24-10-11-27(36)28(37)22-24,13-6-15-44(31)32(45)25-23-41-14-12-26(25)35(38,39)40)33(46)43-18-16-42(17-19-43)29-8-4-5-9-30(29)48-21-20-47-2;1-3-5-28-32(48-24-8-6-23(7-9-24)33(35,36)37,13-4-15-43(28)30(44)25-20-41-14-10-26(25)34(38,39)40)31(45)42-16-11-22(21-42)29-27(12-19-49-29)47-18-17-46-2;1-2-5-27-31(47-22-10-8-21(9-11-22)32(36,37)38,30(46)43-17-13-20(19-43)28-25(34)6-3-7-26(28)35)14-4-16-44(27)29(45)23-18-42-15-12-24(23)33(39,40)41/h4-5,8-12,14,22-23,31H,3,6-7,13,15-21H2,1-2H3;6-10,12,14,19-20,22,28H,3-5,11,13,15-18,21H2,1-2H3;3,6-12,15,18,20,27H,2,4-5,13-14,16-17,19H2,1H3/t;22?,28-,32+;20?,27-,31+/m.11/s1. The summed E-state index contributed by atoms with van der Waals surface area (Å²) in [5.74, 6) is -6.15. The van der Waals surface area contributed by atoms with Crippen LogP contribution in [0.1, 0.15) is 192 Å². The topological polar surface area (TPSA) is 228 Å². The van der Waals surface area contributed by atoms with E-state index in [2.05, 4.69) is 35.8 Å². The van der Waals surface area contributed by atoms with Gasteiger partial charge in [0, 0.05) is 166 Å². The fourth-order valence-corrected chi connectivity index (χ4v) is 21.1. The van der Waals surface area contributed by atoms with Crippen LogP contribution in [0.4, 0.5) is 84.7 Å². The normalized spacial score (nSPS) is 21.1. The molecular formula is C102H107BrF18N10O13S. The maximum atomic E-state index is 14.8. The van der Waals surface area contributed by atoms with Gasteiger partial charge in [0.15, 0.2) is 0 Å². The van der Waals surface area contributed by atoms with Crippen LogP contribution in [0.5, 0.6) is 28.7 Å². The van der Waals surface area contributed by atoms with Crippen molar-refractivity contribution in [3.8, 4) is 28.7 Å². The van der Waals surface area contributed by atoms with Crippen LogP contribution in [0.2, 0.25) is 0 Å². The molecular weight excluding hydrogens is 2030 g/mol. The predicted octanol–water partition coefficient (Wildman–Crippen LogP) is 21.7. The summed E-state index contributed by atoms with van der Waals surface area (Å²) < 4.78 is 292. The minimum atomic E-state index is -4.89. The van der Waals surface area contributed by atoms with Gasteiger partial charge in [-0.15, -0.1) is 11.3 Å². The molecule has 0 N–H and O–H groups in total. The van der Waals surface area contributed by atoms with Gasteiger partial charge in [0.2, 0.25) is 16.8 Å². The van der Waals surface area contributed by atoms with Crippen LogP contribution in [-0.4, -0.2) is 227 Å². The summed E-state index contributed by atoms with van der Waals surface area (Å²) in [6.07, 6.45) is -15.0. The number of nitrogens with zero attached hydrogens (tertiary/aromatic N) is 10. The van der Waals surface area contributed by atoms with Crippen molar-refractivity contribution in [1.29, 1.82) is 0 Å². The van der Waals surface area contributed by atoms with Crippen LogP contribution < -0.4 is 28.6 Å². The molecule has 0 aliphatic carbocycles. The summed E-state index contributed by atoms with van der Waals surface area (Å²) in [6, 6.07) is 23.6. The summed E-state index contributed by atoms with van der Waals surface area (Å²) in [5, 5.41) is 1.90. The largest absolute Gasteiger partial charge is 0.490 e. The van der Waals surface area contributed by atoms with Crippen LogP contribution in [-0.2, 0) is 54.7 Å². The third-order valence-electron chi connectivity index (χ3n) is 26.6. The van der Waals surface area contributed by atoms with E-state index < -0.39 is 169 Å². The minimum Gasteiger partial charge on any atom is -0.490 e. The first-order chi connectivity index (χ1) is 69.0. The predicted molar refractivity (Wildman–Crippen MR) is 500 cm³/mol. The highest BCUT2D eigenvalue weighted by Gasteiger charge is 2.61. The Morgan fingerprint density at radius 1 is 0.414 bits per heavy atom. The van der Waals surface area contributed by atoms with Gasteiger partial charge in [-0.1, -0.05) is 58.2 Å². The third kappa shape index (κ3) is 25.1. The maximum Gasteiger partial charge on any atom is 0.417 e. The Labute approximate surface area is 836 Å². The molecule has 6 saturated heterocycles. The Bertz CT molecular complexity index is 5940. The number of piperidine rings is 3. The second-order valence-corrected chi connectivity index (χ2v) is 37.6. The summed E-state index contributed by atoms with van der Waals surface area (Å²) in [6.45, 7) is 9.13. The zero-order chi connectivity index (χ0) is 105. The monoisotopic (exact) mass is 2130 g/mol. The van der Waals surface area contributed by atoms with Crippen LogP contribution >= 0.6 is 27.3 Å². The molecule has 0 saturated carbocycles. The number of methoxy groups -OCH3 is 2. The van der Waals surface area contributed by atoms with E-state index in [4.69, 9.17) is 33.2 Å². The number of hydrogen-bond acceptors (Lipinski definition) is 18. The molecule has 15 rings (SSSR count). The van der Waals surface area contributed by atoms with Gasteiger partial charge < -0.3 is 67.5 Å². The smallest absolute Gasteiger partial charge is 0.417 e. The molecule has 9 aromatic rings. The molecule has 0 radical (unpaired) electrons. The van der Waals surface area contributed by atoms with Gasteiger partial charge in [-0.25, -0.2) is 13.2 Å². The molecule has 10 heterocycles. The van der Waals surface area contributed by atoms with E-state index in [1.165, 1.54) is 44.2 Å². The molecule has 782 valence electrons. The summed E-state index contributed by atoms with van der Waals surface area (Å²) in [7, 11) is 3.17. The van der Waals surface area contributed by atoms with Crippen LogP contribution in [0.25, 0.3) is 0 Å². The van der Waals surface area contributed by atoms with E-state index >= 15 is 0 Å². The van der Waals surface area contributed by atoms with E-state index in [-0.39, 0.29) is 137 Å². The van der Waals surface area contributed by atoms with Crippen LogP contribution in [0, 0.1) is 17.5 Å². The van der Waals surface area contributed by atoms with Crippen molar-refractivity contribution in [2.45, 2.75) is 188 Å². The summed E-state index contributed by atoms with van der Waals surface area (Å²) >= 11 is 4.64. The van der Waals surface area contributed by atoms with Crippen molar-refractivity contribution in [3.63, 3.8) is 0 Å². The number of carbonyl (C=O) groups is 6. The molecule has 6 aliphatic rings. The zero-order valence-electron chi connectivity index (χ0n) is 79.5. The van der Waals surface area contributed by atoms with Crippen molar-refractivity contribution in [1.82, 2.24) is 44.4 Å². The van der Waals surface area contributed by atoms with Gasteiger partial charge in [-0.3, -0.25) is 43.7 Å². The highest BCUT2D eigenvalue weighted by molar-refractivity contribution is 9.10. The fraction of sp³-hybridized carbons (Fsp3) is 0.461. The number of benzene rings is 5. The highest BCUT2D eigenvalue weighted by atomic mass is 79.9. The number of likely N-dealkylation sites (tertiary alicyclic amines) is 5. The van der Waals surface area contributed by atoms with Crippen molar-refractivity contribution >= 4 is 68.4 Å². The number of piperazine rings is 1. The Balaban J connectivity index is 0.000000182. The molecule has 43 heteroatoms. The number of anilines is 1. The van der Waals surface area contributed by atoms with Crippen LogP contribution in [0.3, 0.4) is 0 Å². The Morgan fingerprint density at radius 2 is 0.800 bits per heavy atom. The second-order valence-electron chi connectivity index (χ2n) is 35.8. The van der Waals surface area contributed by atoms with Gasteiger partial charge in [-0.2, -0.15) is 65.9 Å². The minimum absolute atomic E-state index is 0.0306. The van der Waals surface area contributed by atoms with Gasteiger partial charge in [-0.05, 0) is 182 Å². The molecule has 6 fully saturated rings. The first kappa shape index (κ1) is 110. The number of pyridine rings is 3. The quantitative estimate of drug-likeness (QED) is 0.0313. The Hall–Kier alpha value is -12.0. The fourth-order valence-electron chi connectivity index (χ4n) is 19.9. The van der Waals surface area contributed by atoms with E-state index in [1.54, 1.807) is 30.9 Å². The number of carbonyl (C=O) groups excluding carboxylic acids is 6. The average Bonchev–Trinajstić information content (AvgIpc) is 0.970. The average molecular weight is 2130 g/mol. The number of amides is 6. The molecule has 4 aromatic heterocycles. The van der Waals surface area contributed by atoms with Gasteiger partial charge >= 0.3 is 30.9 Å². The number of halogens is 19. The lowest BCUT2D eigenvalue weighted by molar-refractivity contribution is -0.160. The Kier molecular flexibility index (Phi) is 35.9. The molecule has 0 spiro atoms. The number of ether oxygens (including phenoxy) is 7. The maximum absolute atomic E-state index is 14.8. The van der Waals surface area contributed by atoms with Gasteiger partial charge in [0.05, 0.1) is 90.9 Å². The number of alkyl halides is 15. The van der Waals surface area contributed by atoms with E-state index in [9.17, 15) is 108 Å². The second kappa shape index (κ2) is 47.2. The third-order valence-corrected chi connectivity index (χ3v) is 28.3. The SMILES string of the molecule is CCCC1N(C(=O)c2cnccc2C(F)(F)F)CCCC1(Oc1ccc(Br)c(F)c1)C(=O)N1CCN(c2ccccc2OCCOC)CC1.CCC[C@H]1N(C(=O)c2cnccc2C(F)(F)F)CCC[C@@]1(Oc1ccc(C(F)(F)F)cc1)C(=O)N1CCC(c2c(F)cccc2F)C1.CCC[C@H]1N(C(=O)c2cnccc2C(F)(F)F)CCC[C@@]1(Oc1ccc(C(F)(F)F)cc1)C(=O)N1CCC(c2sccc2OCCOC)C1. The highest BCUT2D eigenvalue weighted by Crippen LogP contribution is 2.49. The van der Waals surface area contributed by atoms with Crippen molar-refractivity contribution < 1.29 is 141 Å². The summed E-state index contributed by atoms with van der Waals surface area (Å²) in [4.78, 5) is 109.